The van der Waals surface area contributed by atoms with Crippen molar-refractivity contribution in [2.75, 3.05) is 10.6 Å². The van der Waals surface area contributed by atoms with Gasteiger partial charge in [0.1, 0.15) is 0 Å². The summed E-state index contributed by atoms with van der Waals surface area (Å²) in [5, 5.41) is 8.81. The van der Waals surface area contributed by atoms with Crippen LogP contribution < -0.4 is 4.31 Å². The van der Waals surface area contributed by atoms with Crippen molar-refractivity contribution in [3.63, 3.8) is 0 Å². The smallest absolute Gasteiger partial charge is 0.232 e. The van der Waals surface area contributed by atoms with Gasteiger partial charge < -0.3 is 0 Å². The van der Waals surface area contributed by atoms with E-state index in [1.54, 1.807) is 24.3 Å². The van der Waals surface area contributed by atoms with Crippen LogP contribution in [0.2, 0.25) is 0 Å². The molecule has 2 aromatic carbocycles. The van der Waals surface area contributed by atoms with E-state index in [9.17, 15) is 8.42 Å². The van der Waals surface area contributed by atoms with Crippen LogP contribution in [0.5, 0.6) is 0 Å². The van der Waals surface area contributed by atoms with Gasteiger partial charge in [-0.2, -0.15) is 5.26 Å². The van der Waals surface area contributed by atoms with Crippen LogP contribution in [0, 0.1) is 18.3 Å². The molecule has 4 nitrogen and oxygen atoms in total. The molecule has 0 fully saturated rings. The first-order valence-corrected chi connectivity index (χ1v) is 8.28. The number of aryl methyl sites for hydroxylation is 1. The molecule has 21 heavy (non-hydrogen) atoms. The number of nitrogens with zero attached hydrogens (tertiary/aromatic N) is 2. The molecule has 108 valence electrons. The summed E-state index contributed by atoms with van der Waals surface area (Å²) in [6.07, 6.45) is 1.18. The van der Waals surface area contributed by atoms with Crippen molar-refractivity contribution in [2.24, 2.45) is 0 Å². The fraction of sp³-hybridized carbons (Fsp3) is 0.188. The van der Waals surface area contributed by atoms with Crippen molar-refractivity contribution in [3.05, 3.63) is 65.2 Å². The minimum Gasteiger partial charge on any atom is -0.266 e. The molecule has 0 amide bonds. The lowest BCUT2D eigenvalue weighted by molar-refractivity contribution is 0.596. The lowest BCUT2D eigenvalue weighted by atomic mass is 10.1. The zero-order valence-corrected chi connectivity index (χ0v) is 12.8. The lowest BCUT2D eigenvalue weighted by Gasteiger charge is -2.22. The Morgan fingerprint density at radius 1 is 1.05 bits per heavy atom. The van der Waals surface area contributed by atoms with Crippen LogP contribution in [0.3, 0.4) is 0 Å². The second kappa shape index (κ2) is 5.98. The molecule has 0 spiro atoms. The number of nitriles is 1. The zero-order chi connectivity index (χ0) is 15.5. The minimum atomic E-state index is -3.40. The molecule has 0 saturated heterocycles. The standard InChI is InChI=1S/C16H16N2O2S/c1-13-3-5-15(6-4-13)12-18(21(2,19)20)16-9-7-14(11-17)8-10-16/h3-10H,12H2,1-2H3. The van der Waals surface area contributed by atoms with E-state index in [4.69, 9.17) is 5.26 Å². The predicted octanol–water partition coefficient (Wildman–Crippen LogP) is 2.83. The Labute approximate surface area is 125 Å². The van der Waals surface area contributed by atoms with Crippen molar-refractivity contribution in [1.82, 2.24) is 0 Å². The first-order chi connectivity index (χ1) is 9.90. The molecule has 0 heterocycles. The Morgan fingerprint density at radius 2 is 1.62 bits per heavy atom. The highest BCUT2D eigenvalue weighted by Gasteiger charge is 2.17. The normalized spacial score (nSPS) is 10.9. The highest BCUT2D eigenvalue weighted by Crippen LogP contribution is 2.21. The van der Waals surface area contributed by atoms with Crippen molar-refractivity contribution >= 4 is 15.7 Å². The summed E-state index contributed by atoms with van der Waals surface area (Å²) in [4.78, 5) is 0. The highest BCUT2D eigenvalue weighted by atomic mass is 32.2. The summed E-state index contributed by atoms with van der Waals surface area (Å²) in [6, 6.07) is 16.3. The molecule has 0 radical (unpaired) electrons. The van der Waals surface area contributed by atoms with E-state index in [1.165, 1.54) is 10.6 Å². The largest absolute Gasteiger partial charge is 0.266 e. The van der Waals surface area contributed by atoms with E-state index < -0.39 is 10.0 Å². The fourth-order valence-corrected chi connectivity index (χ4v) is 2.85. The molecule has 0 aliphatic heterocycles. The highest BCUT2D eigenvalue weighted by molar-refractivity contribution is 7.92. The average molecular weight is 300 g/mol. The van der Waals surface area contributed by atoms with Gasteiger partial charge in [-0.25, -0.2) is 8.42 Å². The lowest BCUT2D eigenvalue weighted by Crippen LogP contribution is -2.29. The number of sulfonamides is 1. The van der Waals surface area contributed by atoms with Crippen LogP contribution in [0.4, 0.5) is 5.69 Å². The van der Waals surface area contributed by atoms with Crippen LogP contribution in [0.15, 0.2) is 48.5 Å². The van der Waals surface area contributed by atoms with Crippen molar-refractivity contribution in [3.8, 4) is 6.07 Å². The first-order valence-electron chi connectivity index (χ1n) is 6.43. The maximum atomic E-state index is 12.0. The summed E-state index contributed by atoms with van der Waals surface area (Å²) < 4.78 is 25.4. The third kappa shape index (κ3) is 3.83. The minimum absolute atomic E-state index is 0.269. The van der Waals surface area contributed by atoms with Gasteiger partial charge in [0.15, 0.2) is 0 Å². The molecule has 0 atom stereocenters. The Hall–Kier alpha value is -2.32. The molecule has 0 unspecified atom stereocenters. The van der Waals surface area contributed by atoms with Gasteiger partial charge in [-0.3, -0.25) is 4.31 Å². The first kappa shape index (κ1) is 15.1. The van der Waals surface area contributed by atoms with Crippen LogP contribution in [0.1, 0.15) is 16.7 Å². The van der Waals surface area contributed by atoms with Crippen molar-refractivity contribution < 1.29 is 8.42 Å². The number of hydrogen-bond acceptors (Lipinski definition) is 3. The third-order valence-corrected chi connectivity index (χ3v) is 4.27. The molecule has 5 heteroatoms. The van der Waals surface area contributed by atoms with E-state index in [0.29, 0.717) is 11.3 Å². The fourth-order valence-electron chi connectivity index (χ4n) is 1.96. The Morgan fingerprint density at radius 3 is 2.10 bits per heavy atom. The molecule has 0 aliphatic carbocycles. The molecule has 2 rings (SSSR count). The van der Waals surface area contributed by atoms with Crippen LogP contribution in [-0.2, 0) is 16.6 Å². The Balaban J connectivity index is 2.35. The Bertz CT molecular complexity index is 757. The maximum absolute atomic E-state index is 12.0. The second-order valence-corrected chi connectivity index (χ2v) is 6.82. The number of anilines is 1. The van der Waals surface area contributed by atoms with E-state index in [2.05, 4.69) is 0 Å². The molecule has 0 N–H and O–H groups in total. The van der Waals surface area contributed by atoms with E-state index in [0.717, 1.165) is 11.1 Å². The molecule has 0 saturated carbocycles. The molecular formula is C16H16N2O2S. The summed E-state index contributed by atoms with van der Waals surface area (Å²) in [7, 11) is -3.40. The number of benzene rings is 2. The summed E-state index contributed by atoms with van der Waals surface area (Å²) in [5.74, 6) is 0. The van der Waals surface area contributed by atoms with E-state index in [1.807, 2.05) is 37.3 Å². The quantitative estimate of drug-likeness (QED) is 0.872. The van der Waals surface area contributed by atoms with Crippen LogP contribution in [0.25, 0.3) is 0 Å². The molecule has 0 aliphatic rings. The van der Waals surface area contributed by atoms with E-state index in [-0.39, 0.29) is 6.54 Å². The SMILES string of the molecule is Cc1ccc(CN(c2ccc(C#N)cc2)S(C)(=O)=O)cc1. The molecular weight excluding hydrogens is 284 g/mol. The van der Waals surface area contributed by atoms with Gasteiger partial charge in [0.2, 0.25) is 10.0 Å². The average Bonchev–Trinajstić information content (AvgIpc) is 2.45. The van der Waals surface area contributed by atoms with E-state index >= 15 is 0 Å². The summed E-state index contributed by atoms with van der Waals surface area (Å²) in [5.41, 5.74) is 3.10. The Kier molecular flexibility index (Phi) is 4.29. The second-order valence-electron chi connectivity index (χ2n) is 4.91. The van der Waals surface area contributed by atoms with Gasteiger partial charge in [-0.15, -0.1) is 0 Å². The monoisotopic (exact) mass is 300 g/mol. The van der Waals surface area contributed by atoms with Crippen molar-refractivity contribution in [1.29, 1.82) is 5.26 Å². The summed E-state index contributed by atoms with van der Waals surface area (Å²) >= 11 is 0. The third-order valence-electron chi connectivity index (χ3n) is 3.13. The van der Waals surface area contributed by atoms with Gasteiger partial charge in [0.05, 0.1) is 30.1 Å². The van der Waals surface area contributed by atoms with Gasteiger partial charge in [0, 0.05) is 0 Å². The van der Waals surface area contributed by atoms with Crippen LogP contribution in [-0.4, -0.2) is 14.7 Å². The summed E-state index contributed by atoms with van der Waals surface area (Å²) in [6.45, 7) is 2.25. The van der Waals surface area contributed by atoms with Gasteiger partial charge >= 0.3 is 0 Å². The van der Waals surface area contributed by atoms with Gasteiger partial charge in [-0.1, -0.05) is 29.8 Å². The van der Waals surface area contributed by atoms with Crippen LogP contribution >= 0.6 is 0 Å². The number of hydrogen-bond donors (Lipinski definition) is 0. The zero-order valence-electron chi connectivity index (χ0n) is 11.9. The van der Waals surface area contributed by atoms with Gasteiger partial charge in [-0.05, 0) is 36.8 Å². The molecule has 0 aromatic heterocycles. The predicted molar refractivity (Wildman–Crippen MR) is 83.4 cm³/mol. The molecule has 0 bridgehead atoms. The number of rotatable bonds is 4. The topological polar surface area (TPSA) is 61.2 Å². The molecule has 2 aromatic rings. The maximum Gasteiger partial charge on any atom is 0.232 e. The van der Waals surface area contributed by atoms with Crippen molar-refractivity contribution in [2.45, 2.75) is 13.5 Å². The van der Waals surface area contributed by atoms with Gasteiger partial charge in [0.25, 0.3) is 0 Å².